The number of carbonyl (C=O) groups excluding carboxylic acids is 2. The van der Waals surface area contributed by atoms with Crippen molar-refractivity contribution in [3.05, 3.63) is 34.9 Å². The maximum atomic E-state index is 13.3. The number of ketones is 1. The molecule has 2 amide bonds. The first-order valence-electron chi connectivity index (χ1n) is 10.5. The molecule has 2 atom stereocenters. The van der Waals surface area contributed by atoms with Crippen molar-refractivity contribution in [2.75, 3.05) is 19.6 Å². The third-order valence-electron chi connectivity index (χ3n) is 7.88. The van der Waals surface area contributed by atoms with Gasteiger partial charge in [0.1, 0.15) is 0 Å². The lowest BCUT2D eigenvalue weighted by Crippen LogP contribution is -2.66. The second kappa shape index (κ2) is 6.35. The summed E-state index contributed by atoms with van der Waals surface area (Å²) in [5.41, 5.74) is 3.44. The van der Waals surface area contributed by atoms with E-state index in [9.17, 15) is 9.59 Å². The average Bonchev–Trinajstić information content (AvgIpc) is 2.64. The molecular formula is C23H32N2O2. The summed E-state index contributed by atoms with van der Waals surface area (Å²) in [5, 5.41) is 0. The summed E-state index contributed by atoms with van der Waals surface area (Å²) in [5.74, 6) is 0.110. The van der Waals surface area contributed by atoms with Crippen LogP contribution in [0, 0.1) is 5.41 Å². The van der Waals surface area contributed by atoms with E-state index in [1.54, 1.807) is 6.92 Å². The minimum Gasteiger partial charge on any atom is -0.325 e. The summed E-state index contributed by atoms with van der Waals surface area (Å²) in [6.07, 6.45) is 5.30. The molecule has 1 aromatic rings. The highest BCUT2D eigenvalue weighted by atomic mass is 16.2. The minimum absolute atomic E-state index is 0.00143. The van der Waals surface area contributed by atoms with Gasteiger partial charge in [-0.05, 0) is 61.6 Å². The lowest BCUT2D eigenvalue weighted by atomic mass is 9.51. The van der Waals surface area contributed by atoms with Crippen molar-refractivity contribution in [2.24, 2.45) is 5.41 Å². The standard InChI is InChI=1S/C23H32N2O2/c1-16(26)17-8-9-19-18(14-17)15-20-22(2,3)23(19,4)10-13-25(20)21(27)24-11-6-5-7-12-24/h8-9,14,20H,5-7,10-13,15H2,1-4H3/t20-,23+/m0/s1. The number of carbonyl (C=O) groups is 2. The molecule has 3 aliphatic rings. The number of fused-ring (bicyclic) bond motifs is 4. The molecule has 0 spiro atoms. The molecule has 2 heterocycles. The summed E-state index contributed by atoms with van der Waals surface area (Å²) in [7, 11) is 0. The van der Waals surface area contributed by atoms with Crippen LogP contribution < -0.4 is 0 Å². The Kier molecular flexibility index (Phi) is 4.36. The van der Waals surface area contributed by atoms with Crippen LogP contribution in [0.15, 0.2) is 18.2 Å². The maximum Gasteiger partial charge on any atom is 0.320 e. The smallest absolute Gasteiger partial charge is 0.320 e. The van der Waals surface area contributed by atoms with E-state index in [0.717, 1.165) is 50.9 Å². The minimum atomic E-state index is 0.00143. The first-order chi connectivity index (χ1) is 12.8. The average molecular weight is 369 g/mol. The molecule has 0 N–H and O–H groups in total. The summed E-state index contributed by atoms with van der Waals surface area (Å²) in [4.78, 5) is 29.4. The van der Waals surface area contributed by atoms with Crippen LogP contribution in [-0.4, -0.2) is 47.3 Å². The maximum absolute atomic E-state index is 13.3. The van der Waals surface area contributed by atoms with E-state index in [2.05, 4.69) is 42.7 Å². The number of benzene rings is 1. The number of amides is 2. The van der Waals surface area contributed by atoms with E-state index >= 15 is 0 Å². The van der Waals surface area contributed by atoms with Crippen LogP contribution >= 0.6 is 0 Å². The van der Waals surface area contributed by atoms with Gasteiger partial charge in [-0.2, -0.15) is 0 Å². The quantitative estimate of drug-likeness (QED) is 0.689. The predicted octanol–water partition coefficient (Wildman–Crippen LogP) is 4.41. The van der Waals surface area contributed by atoms with Gasteiger partial charge in [-0.3, -0.25) is 4.79 Å². The Bertz CT molecular complexity index is 779. The Morgan fingerprint density at radius 1 is 1.04 bits per heavy atom. The molecule has 1 aliphatic carbocycles. The van der Waals surface area contributed by atoms with E-state index in [0.29, 0.717) is 0 Å². The van der Waals surface area contributed by atoms with E-state index in [-0.39, 0.29) is 28.7 Å². The van der Waals surface area contributed by atoms with Gasteiger partial charge >= 0.3 is 6.03 Å². The first-order valence-corrected chi connectivity index (χ1v) is 10.5. The zero-order chi connectivity index (χ0) is 19.4. The molecule has 4 heteroatoms. The van der Waals surface area contributed by atoms with E-state index in [1.165, 1.54) is 17.5 Å². The van der Waals surface area contributed by atoms with E-state index in [4.69, 9.17) is 0 Å². The third-order valence-corrected chi connectivity index (χ3v) is 7.88. The summed E-state index contributed by atoms with van der Waals surface area (Å²) in [6.45, 7) is 11.3. The Labute approximate surface area is 162 Å². The highest BCUT2D eigenvalue weighted by Crippen LogP contribution is 2.56. The van der Waals surface area contributed by atoms with Gasteiger partial charge in [0.2, 0.25) is 0 Å². The molecule has 2 fully saturated rings. The number of likely N-dealkylation sites (tertiary alicyclic amines) is 2. The lowest BCUT2D eigenvalue weighted by molar-refractivity contribution is -0.0242. The van der Waals surface area contributed by atoms with Crippen molar-refractivity contribution in [3.63, 3.8) is 0 Å². The van der Waals surface area contributed by atoms with Gasteiger partial charge in [-0.25, -0.2) is 4.79 Å². The second-order valence-electron chi connectivity index (χ2n) is 9.48. The molecule has 0 saturated carbocycles. The van der Waals surface area contributed by atoms with Crippen molar-refractivity contribution in [1.29, 1.82) is 0 Å². The summed E-state index contributed by atoms with van der Waals surface area (Å²) >= 11 is 0. The fourth-order valence-electron chi connectivity index (χ4n) is 5.65. The number of Topliss-reactive ketones (excluding diaryl/α,β-unsaturated/α-hetero) is 1. The van der Waals surface area contributed by atoms with Crippen LogP contribution in [-0.2, 0) is 11.8 Å². The summed E-state index contributed by atoms with van der Waals surface area (Å²) in [6, 6.07) is 6.63. The number of piperidine rings is 2. The van der Waals surface area contributed by atoms with Crippen molar-refractivity contribution < 1.29 is 9.59 Å². The molecular weight excluding hydrogens is 336 g/mol. The van der Waals surface area contributed by atoms with E-state index < -0.39 is 0 Å². The van der Waals surface area contributed by atoms with Crippen LogP contribution in [0.5, 0.6) is 0 Å². The SMILES string of the molecule is CC(=O)c1ccc2c(c1)C[C@@H]1N(C(=O)N3CCCCC3)CC[C@@]2(C)C1(C)C. The molecule has 0 aromatic heterocycles. The molecule has 4 nitrogen and oxygen atoms in total. The number of nitrogens with zero attached hydrogens (tertiary/aromatic N) is 2. The highest BCUT2D eigenvalue weighted by molar-refractivity contribution is 5.94. The van der Waals surface area contributed by atoms with Gasteiger partial charge in [0.15, 0.2) is 5.78 Å². The van der Waals surface area contributed by atoms with Crippen LogP contribution in [0.3, 0.4) is 0 Å². The monoisotopic (exact) mass is 368 g/mol. The zero-order valence-corrected chi connectivity index (χ0v) is 17.2. The molecule has 4 rings (SSSR count). The Morgan fingerprint density at radius 2 is 1.74 bits per heavy atom. The van der Waals surface area contributed by atoms with Crippen molar-refractivity contribution in [2.45, 2.75) is 71.3 Å². The molecule has 2 bridgehead atoms. The Hall–Kier alpha value is -1.84. The van der Waals surface area contributed by atoms with Gasteiger partial charge in [-0.1, -0.05) is 32.9 Å². The van der Waals surface area contributed by atoms with E-state index in [1.807, 2.05) is 6.07 Å². The molecule has 0 radical (unpaired) electrons. The van der Waals surface area contributed by atoms with Crippen LogP contribution in [0.2, 0.25) is 0 Å². The summed E-state index contributed by atoms with van der Waals surface area (Å²) < 4.78 is 0. The number of rotatable bonds is 1. The van der Waals surface area contributed by atoms with Crippen LogP contribution in [0.4, 0.5) is 4.79 Å². The predicted molar refractivity (Wildman–Crippen MR) is 107 cm³/mol. The molecule has 2 aliphatic heterocycles. The van der Waals surface area contributed by atoms with Crippen molar-refractivity contribution in [3.8, 4) is 0 Å². The zero-order valence-electron chi connectivity index (χ0n) is 17.2. The number of urea groups is 1. The van der Waals surface area contributed by atoms with Crippen LogP contribution in [0.1, 0.15) is 74.9 Å². The largest absolute Gasteiger partial charge is 0.325 e. The second-order valence-corrected chi connectivity index (χ2v) is 9.48. The molecule has 1 aromatic carbocycles. The lowest BCUT2D eigenvalue weighted by Gasteiger charge is -2.61. The molecule has 0 unspecified atom stereocenters. The van der Waals surface area contributed by atoms with Gasteiger partial charge in [0.25, 0.3) is 0 Å². The fourth-order valence-corrected chi connectivity index (χ4v) is 5.65. The molecule has 146 valence electrons. The highest BCUT2D eigenvalue weighted by Gasteiger charge is 2.57. The van der Waals surface area contributed by atoms with Gasteiger partial charge in [0.05, 0.1) is 0 Å². The topological polar surface area (TPSA) is 40.6 Å². The normalized spacial score (nSPS) is 29.3. The van der Waals surface area contributed by atoms with Gasteiger partial charge in [-0.15, -0.1) is 0 Å². The van der Waals surface area contributed by atoms with Gasteiger partial charge in [0, 0.05) is 36.7 Å². The molecule has 27 heavy (non-hydrogen) atoms. The molecule has 2 saturated heterocycles. The first kappa shape index (κ1) is 18.5. The third kappa shape index (κ3) is 2.71. The Balaban J connectivity index is 1.72. The fraction of sp³-hybridized carbons (Fsp3) is 0.652. The Morgan fingerprint density at radius 3 is 2.41 bits per heavy atom. The number of hydrogen-bond donors (Lipinski definition) is 0. The van der Waals surface area contributed by atoms with Gasteiger partial charge < -0.3 is 9.80 Å². The van der Waals surface area contributed by atoms with Crippen molar-refractivity contribution in [1.82, 2.24) is 9.80 Å². The van der Waals surface area contributed by atoms with Crippen molar-refractivity contribution >= 4 is 11.8 Å². The number of hydrogen-bond acceptors (Lipinski definition) is 2. The van der Waals surface area contributed by atoms with Crippen LogP contribution in [0.25, 0.3) is 0 Å².